The molecule has 0 saturated carbocycles. The third-order valence-electron chi connectivity index (χ3n) is 5.19. The van der Waals surface area contributed by atoms with Gasteiger partial charge < -0.3 is 10.2 Å². The zero-order valence-electron chi connectivity index (χ0n) is 15.4. The Morgan fingerprint density at radius 3 is 2.64 bits per heavy atom. The summed E-state index contributed by atoms with van der Waals surface area (Å²) in [6, 6.07) is 20.8. The van der Waals surface area contributed by atoms with Crippen LogP contribution >= 0.6 is 11.6 Å². The van der Waals surface area contributed by atoms with Gasteiger partial charge >= 0.3 is 0 Å². The summed E-state index contributed by atoms with van der Waals surface area (Å²) in [6.45, 7) is 1.09. The quantitative estimate of drug-likeness (QED) is 0.683. The van der Waals surface area contributed by atoms with E-state index in [9.17, 15) is 9.59 Å². The van der Waals surface area contributed by atoms with E-state index < -0.39 is 0 Å². The largest absolute Gasteiger partial charge is 0.338 e. The average Bonchev–Trinajstić information content (AvgIpc) is 2.73. The van der Waals surface area contributed by atoms with Crippen LogP contribution in [0.1, 0.15) is 23.2 Å². The number of carbonyl (C=O) groups is 2. The Labute approximate surface area is 169 Å². The van der Waals surface area contributed by atoms with Gasteiger partial charge in [-0.3, -0.25) is 9.59 Å². The Hall–Kier alpha value is -2.85. The van der Waals surface area contributed by atoms with Gasteiger partial charge in [0.05, 0.1) is 5.92 Å². The number of nitrogens with zero attached hydrogens (tertiary/aromatic N) is 1. The number of carbonyl (C=O) groups excluding carboxylic acids is 2. The minimum atomic E-state index is -0.230. The lowest BCUT2D eigenvalue weighted by Crippen LogP contribution is -2.43. The molecule has 28 heavy (non-hydrogen) atoms. The maximum atomic E-state index is 13.2. The highest BCUT2D eigenvalue weighted by Gasteiger charge is 2.29. The number of anilines is 1. The summed E-state index contributed by atoms with van der Waals surface area (Å²) in [7, 11) is 0. The molecule has 1 saturated heterocycles. The molecule has 1 aliphatic rings. The van der Waals surface area contributed by atoms with E-state index >= 15 is 0 Å². The summed E-state index contributed by atoms with van der Waals surface area (Å²) >= 11 is 5.99. The Bertz CT molecular complexity index is 1030. The predicted octanol–water partition coefficient (Wildman–Crippen LogP) is 4.98. The highest BCUT2D eigenvalue weighted by atomic mass is 35.5. The highest BCUT2D eigenvalue weighted by molar-refractivity contribution is 6.30. The van der Waals surface area contributed by atoms with E-state index in [1.807, 2.05) is 48.5 Å². The van der Waals surface area contributed by atoms with Gasteiger partial charge in [-0.25, -0.2) is 0 Å². The van der Waals surface area contributed by atoms with E-state index in [1.165, 1.54) is 0 Å². The van der Waals surface area contributed by atoms with Crippen molar-refractivity contribution in [2.45, 2.75) is 12.8 Å². The molecule has 142 valence electrons. The first kappa shape index (κ1) is 18.5. The summed E-state index contributed by atoms with van der Waals surface area (Å²) < 4.78 is 0. The fraction of sp³-hybridized carbons (Fsp3) is 0.217. The standard InChI is InChI=1S/C23H21ClN2O2/c24-18-9-4-10-19(14-18)25-22(27)17-8-5-13-26(15-17)23(28)21-12-3-7-16-6-1-2-11-20(16)21/h1-4,6-7,9-12,14,17H,5,8,13,15H2,(H,25,27). The van der Waals surface area contributed by atoms with Gasteiger partial charge in [0, 0.05) is 29.4 Å². The number of hydrogen-bond donors (Lipinski definition) is 1. The van der Waals surface area contributed by atoms with Gasteiger partial charge in [-0.2, -0.15) is 0 Å². The second kappa shape index (κ2) is 8.03. The van der Waals surface area contributed by atoms with Crippen LogP contribution in [0.5, 0.6) is 0 Å². The van der Waals surface area contributed by atoms with Crippen LogP contribution < -0.4 is 5.32 Å². The molecule has 2 amide bonds. The number of benzene rings is 3. The van der Waals surface area contributed by atoms with E-state index in [4.69, 9.17) is 11.6 Å². The fourth-order valence-corrected chi connectivity index (χ4v) is 3.96. The zero-order valence-corrected chi connectivity index (χ0v) is 16.2. The number of fused-ring (bicyclic) bond motifs is 1. The van der Waals surface area contributed by atoms with Crippen molar-refractivity contribution in [3.8, 4) is 0 Å². The fourth-order valence-electron chi connectivity index (χ4n) is 3.77. The number of piperidine rings is 1. The highest BCUT2D eigenvalue weighted by Crippen LogP contribution is 2.24. The molecule has 4 nitrogen and oxygen atoms in total. The normalized spacial score (nSPS) is 16.8. The molecule has 1 atom stereocenters. The van der Waals surface area contributed by atoms with Gasteiger partial charge in [-0.1, -0.05) is 54.1 Å². The second-order valence-corrected chi connectivity index (χ2v) is 7.55. The van der Waals surface area contributed by atoms with Crippen LogP contribution in [0, 0.1) is 5.92 Å². The van der Waals surface area contributed by atoms with Crippen LogP contribution in [0.4, 0.5) is 5.69 Å². The van der Waals surface area contributed by atoms with Crippen LogP contribution in [-0.4, -0.2) is 29.8 Å². The molecule has 0 aromatic heterocycles. The van der Waals surface area contributed by atoms with Crippen LogP contribution in [0.3, 0.4) is 0 Å². The Morgan fingerprint density at radius 2 is 1.79 bits per heavy atom. The number of likely N-dealkylation sites (tertiary alicyclic amines) is 1. The summed E-state index contributed by atoms with van der Waals surface area (Å²) in [6.07, 6.45) is 1.58. The molecule has 5 heteroatoms. The van der Waals surface area contributed by atoms with Crippen molar-refractivity contribution in [3.63, 3.8) is 0 Å². The lowest BCUT2D eigenvalue weighted by atomic mass is 9.95. The van der Waals surface area contributed by atoms with E-state index in [0.717, 1.165) is 23.6 Å². The molecule has 0 bridgehead atoms. The van der Waals surface area contributed by atoms with Crippen molar-refractivity contribution in [1.29, 1.82) is 0 Å². The maximum Gasteiger partial charge on any atom is 0.254 e. The van der Waals surface area contributed by atoms with Gasteiger partial charge in [0.2, 0.25) is 5.91 Å². The molecular formula is C23H21ClN2O2. The Balaban J connectivity index is 1.50. The van der Waals surface area contributed by atoms with Crippen molar-refractivity contribution in [3.05, 3.63) is 77.3 Å². The molecule has 1 aliphatic heterocycles. The van der Waals surface area contributed by atoms with Gasteiger partial charge in [0.25, 0.3) is 5.91 Å². The van der Waals surface area contributed by atoms with Crippen LogP contribution in [0.25, 0.3) is 10.8 Å². The number of halogens is 1. The van der Waals surface area contributed by atoms with Crippen molar-refractivity contribution in [1.82, 2.24) is 4.90 Å². The summed E-state index contributed by atoms with van der Waals surface area (Å²) in [4.78, 5) is 27.7. The van der Waals surface area contributed by atoms with E-state index in [0.29, 0.717) is 29.4 Å². The van der Waals surface area contributed by atoms with Gasteiger partial charge in [0.1, 0.15) is 0 Å². The third-order valence-corrected chi connectivity index (χ3v) is 5.43. The number of amides is 2. The van der Waals surface area contributed by atoms with E-state index in [-0.39, 0.29) is 17.7 Å². The Morgan fingerprint density at radius 1 is 1.00 bits per heavy atom. The van der Waals surface area contributed by atoms with Gasteiger partial charge in [-0.05, 0) is 47.9 Å². The first-order valence-corrected chi connectivity index (χ1v) is 9.83. The molecule has 4 rings (SSSR count). The minimum absolute atomic E-state index is 0.0166. The molecule has 1 N–H and O–H groups in total. The Kier molecular flexibility index (Phi) is 5.31. The first-order chi connectivity index (χ1) is 13.6. The van der Waals surface area contributed by atoms with Crippen LogP contribution in [0.15, 0.2) is 66.7 Å². The third kappa shape index (κ3) is 3.87. The molecule has 1 unspecified atom stereocenters. The van der Waals surface area contributed by atoms with Crippen LogP contribution in [0.2, 0.25) is 5.02 Å². The molecule has 0 spiro atoms. The molecule has 3 aromatic carbocycles. The molecule has 1 heterocycles. The summed E-state index contributed by atoms with van der Waals surface area (Å²) in [5, 5.41) is 5.49. The molecule has 0 aliphatic carbocycles. The lowest BCUT2D eigenvalue weighted by Gasteiger charge is -2.32. The van der Waals surface area contributed by atoms with Gasteiger partial charge in [0.15, 0.2) is 0 Å². The van der Waals surface area contributed by atoms with Crippen molar-refractivity contribution in [2.24, 2.45) is 5.92 Å². The number of hydrogen-bond acceptors (Lipinski definition) is 2. The number of nitrogens with one attached hydrogen (secondary N) is 1. The lowest BCUT2D eigenvalue weighted by molar-refractivity contribution is -0.121. The number of rotatable bonds is 3. The SMILES string of the molecule is O=C(Nc1cccc(Cl)c1)C1CCCN(C(=O)c2cccc3ccccc23)C1. The average molecular weight is 393 g/mol. The van der Waals surface area contributed by atoms with E-state index in [1.54, 1.807) is 23.1 Å². The second-order valence-electron chi connectivity index (χ2n) is 7.12. The molecule has 1 fully saturated rings. The first-order valence-electron chi connectivity index (χ1n) is 9.45. The topological polar surface area (TPSA) is 49.4 Å². The maximum absolute atomic E-state index is 13.2. The molecule has 3 aromatic rings. The molecular weight excluding hydrogens is 372 g/mol. The van der Waals surface area contributed by atoms with Crippen molar-refractivity contribution >= 4 is 39.9 Å². The zero-order chi connectivity index (χ0) is 19.5. The van der Waals surface area contributed by atoms with Crippen molar-refractivity contribution < 1.29 is 9.59 Å². The van der Waals surface area contributed by atoms with Gasteiger partial charge in [-0.15, -0.1) is 0 Å². The summed E-state index contributed by atoms with van der Waals surface area (Å²) in [5.74, 6) is -0.318. The van der Waals surface area contributed by atoms with E-state index in [2.05, 4.69) is 5.32 Å². The monoisotopic (exact) mass is 392 g/mol. The molecule has 0 radical (unpaired) electrons. The summed E-state index contributed by atoms with van der Waals surface area (Å²) in [5.41, 5.74) is 1.36. The van der Waals surface area contributed by atoms with Crippen molar-refractivity contribution in [2.75, 3.05) is 18.4 Å². The van der Waals surface area contributed by atoms with Crippen LogP contribution in [-0.2, 0) is 4.79 Å². The minimum Gasteiger partial charge on any atom is -0.338 e. The predicted molar refractivity (Wildman–Crippen MR) is 113 cm³/mol. The smallest absolute Gasteiger partial charge is 0.254 e.